The fourth-order valence-electron chi connectivity index (χ4n) is 3.76. The summed E-state index contributed by atoms with van der Waals surface area (Å²) in [6, 6.07) is 9.49. The van der Waals surface area contributed by atoms with Crippen LogP contribution in [0.15, 0.2) is 36.5 Å². The van der Waals surface area contributed by atoms with E-state index in [1.165, 1.54) is 0 Å². The second kappa shape index (κ2) is 9.11. The van der Waals surface area contributed by atoms with E-state index in [0.717, 1.165) is 16.5 Å². The first-order valence-electron chi connectivity index (χ1n) is 10.9. The Morgan fingerprint density at radius 3 is 2.64 bits per heavy atom. The number of hydrogen-bond donors (Lipinski definition) is 2. The third-order valence-corrected chi connectivity index (χ3v) is 6.58. The molecule has 1 aliphatic rings. The number of nitrogens with one attached hydrogen (secondary N) is 2. The predicted molar refractivity (Wildman–Crippen MR) is 128 cm³/mol. The number of anilines is 1. The van der Waals surface area contributed by atoms with E-state index < -0.39 is 27.0 Å². The van der Waals surface area contributed by atoms with E-state index in [4.69, 9.17) is 9.72 Å². The van der Waals surface area contributed by atoms with E-state index in [-0.39, 0.29) is 5.75 Å². The van der Waals surface area contributed by atoms with Crippen LogP contribution >= 0.6 is 0 Å². The highest BCUT2D eigenvalue weighted by atomic mass is 32.2. The van der Waals surface area contributed by atoms with E-state index in [1.807, 2.05) is 51.2 Å². The molecule has 0 spiro atoms. The summed E-state index contributed by atoms with van der Waals surface area (Å²) in [4.78, 5) is 26.7. The molecule has 176 valence electrons. The van der Waals surface area contributed by atoms with Crippen LogP contribution in [0.4, 0.5) is 5.82 Å². The van der Waals surface area contributed by atoms with Crippen molar-refractivity contribution >= 4 is 32.5 Å². The third kappa shape index (κ3) is 6.08. The number of aromatic nitrogens is 3. The first-order chi connectivity index (χ1) is 15.6. The number of rotatable bonds is 6. The van der Waals surface area contributed by atoms with Gasteiger partial charge in [0.1, 0.15) is 11.6 Å². The highest BCUT2D eigenvalue weighted by molar-refractivity contribution is 7.91. The molecule has 0 atom stereocenters. The minimum absolute atomic E-state index is 0.343. The number of aromatic amines is 1. The lowest BCUT2D eigenvalue weighted by Gasteiger charge is -2.28. The van der Waals surface area contributed by atoms with E-state index in [0.29, 0.717) is 43.6 Å². The normalized spacial score (nSPS) is 15.1. The second-order valence-corrected chi connectivity index (χ2v) is 11.3. The molecular formula is C23H29N5O4S. The summed E-state index contributed by atoms with van der Waals surface area (Å²) in [5.41, 5.74) is 1.64. The first kappa shape index (κ1) is 23.2. The summed E-state index contributed by atoms with van der Waals surface area (Å²) in [6.07, 6.45) is 1.86. The van der Waals surface area contributed by atoms with Gasteiger partial charge in [0.2, 0.25) is 5.91 Å². The molecule has 0 radical (unpaired) electrons. The predicted octanol–water partition coefficient (Wildman–Crippen LogP) is 2.29. The maximum absolute atomic E-state index is 12.8. The Bertz CT molecular complexity index is 1260. The molecule has 1 saturated heterocycles. The molecule has 1 aliphatic heterocycles. The number of amides is 1. The molecule has 1 amide bonds. The Labute approximate surface area is 193 Å². The van der Waals surface area contributed by atoms with Gasteiger partial charge in [-0.3, -0.25) is 4.79 Å². The number of benzene rings is 1. The average molecular weight is 472 g/mol. The van der Waals surface area contributed by atoms with Gasteiger partial charge in [0.15, 0.2) is 15.7 Å². The van der Waals surface area contributed by atoms with Gasteiger partial charge in [-0.2, -0.15) is 0 Å². The maximum Gasteiger partial charge on any atom is 0.235 e. The quantitative estimate of drug-likeness (QED) is 0.566. The average Bonchev–Trinajstić information content (AvgIpc) is 3.19. The van der Waals surface area contributed by atoms with E-state index in [2.05, 4.69) is 20.2 Å². The molecule has 3 heterocycles. The fraction of sp³-hybridized carbons (Fsp3) is 0.435. The van der Waals surface area contributed by atoms with Crippen molar-refractivity contribution in [3.8, 4) is 11.4 Å². The molecule has 2 N–H and O–H groups in total. The highest BCUT2D eigenvalue weighted by Gasteiger charge is 2.23. The van der Waals surface area contributed by atoms with Crippen molar-refractivity contribution in [3.05, 3.63) is 42.2 Å². The van der Waals surface area contributed by atoms with Crippen LogP contribution in [-0.2, 0) is 25.1 Å². The van der Waals surface area contributed by atoms with Crippen LogP contribution in [0.1, 0.15) is 26.5 Å². The monoisotopic (exact) mass is 471 g/mol. The number of sulfone groups is 1. The largest absolute Gasteiger partial charge is 0.378 e. The number of fused-ring (bicyclic) bond motifs is 1. The number of morpholine rings is 1. The zero-order valence-electron chi connectivity index (χ0n) is 19.1. The number of ether oxygens (including phenoxy) is 1. The first-order valence-corrected chi connectivity index (χ1v) is 12.7. The van der Waals surface area contributed by atoms with Gasteiger partial charge in [0.05, 0.1) is 24.7 Å². The molecule has 0 unspecified atom stereocenters. The molecule has 1 aromatic carbocycles. The zero-order chi connectivity index (χ0) is 23.6. The zero-order valence-corrected chi connectivity index (χ0v) is 19.9. The molecule has 10 heteroatoms. The topological polar surface area (TPSA) is 117 Å². The summed E-state index contributed by atoms with van der Waals surface area (Å²) in [7, 11) is -3.73. The Balaban J connectivity index is 1.66. The number of H-pyrrole nitrogens is 1. The van der Waals surface area contributed by atoms with Gasteiger partial charge in [-0.25, -0.2) is 18.4 Å². The summed E-state index contributed by atoms with van der Waals surface area (Å²) < 4.78 is 31.1. The molecule has 2 aromatic heterocycles. The van der Waals surface area contributed by atoms with Crippen molar-refractivity contribution in [2.45, 2.75) is 32.1 Å². The fourth-order valence-corrected chi connectivity index (χ4v) is 4.94. The second-order valence-electron chi connectivity index (χ2n) is 9.25. The molecule has 9 nitrogen and oxygen atoms in total. The number of carbonyl (C=O) groups is 1. The van der Waals surface area contributed by atoms with Crippen molar-refractivity contribution in [1.29, 1.82) is 0 Å². The van der Waals surface area contributed by atoms with Crippen molar-refractivity contribution in [3.63, 3.8) is 0 Å². The summed E-state index contributed by atoms with van der Waals surface area (Å²) in [5.74, 6) is -0.355. The highest BCUT2D eigenvalue weighted by Crippen LogP contribution is 2.25. The van der Waals surface area contributed by atoms with Crippen LogP contribution in [0, 0.1) is 0 Å². The van der Waals surface area contributed by atoms with Gasteiger partial charge < -0.3 is 19.9 Å². The number of hydrogen-bond acceptors (Lipinski definition) is 7. The molecule has 0 bridgehead atoms. The summed E-state index contributed by atoms with van der Waals surface area (Å²) in [5, 5.41) is 3.71. The smallest absolute Gasteiger partial charge is 0.235 e. The van der Waals surface area contributed by atoms with Crippen molar-refractivity contribution < 1.29 is 17.9 Å². The molecular weight excluding hydrogens is 442 g/mol. The van der Waals surface area contributed by atoms with E-state index in [9.17, 15) is 13.2 Å². The Kier molecular flexibility index (Phi) is 6.40. The molecule has 4 rings (SSSR count). The Morgan fingerprint density at radius 1 is 1.15 bits per heavy atom. The van der Waals surface area contributed by atoms with Crippen molar-refractivity contribution in [2.24, 2.45) is 0 Å². The van der Waals surface area contributed by atoms with Gasteiger partial charge in [-0.15, -0.1) is 0 Å². The number of nitrogens with zero attached hydrogens (tertiary/aromatic N) is 3. The van der Waals surface area contributed by atoms with E-state index in [1.54, 1.807) is 6.07 Å². The number of carbonyl (C=O) groups excluding carboxylic acids is 1. The maximum atomic E-state index is 12.8. The van der Waals surface area contributed by atoms with Crippen LogP contribution < -0.4 is 10.2 Å². The van der Waals surface area contributed by atoms with Crippen molar-refractivity contribution in [1.82, 2.24) is 20.3 Å². The van der Waals surface area contributed by atoms with Gasteiger partial charge in [-0.05, 0) is 45.0 Å². The lowest BCUT2D eigenvalue weighted by atomic mass is 10.1. The van der Waals surface area contributed by atoms with Crippen molar-refractivity contribution in [2.75, 3.05) is 37.0 Å². The van der Waals surface area contributed by atoms with Crippen LogP contribution in [0.25, 0.3) is 22.3 Å². The molecule has 0 saturated carbocycles. The standard InChI is InChI=1S/C23H29N5O4S/c1-23(2,3)27-21(29)15-33(30,31)14-18-13-20(28-8-10-32-11-9-28)26-22(25-18)17-4-5-19-16(12-17)6-7-24-19/h4-7,12-13,24H,8-11,14-15H2,1-3H3,(H,27,29). The van der Waals surface area contributed by atoms with E-state index >= 15 is 0 Å². The molecule has 33 heavy (non-hydrogen) atoms. The molecule has 1 fully saturated rings. The van der Waals surface area contributed by atoms with Crippen LogP contribution in [0.5, 0.6) is 0 Å². The molecule has 3 aromatic rings. The van der Waals surface area contributed by atoms with Gasteiger partial charge in [0, 0.05) is 47.4 Å². The Hall–Kier alpha value is -2.98. The lowest BCUT2D eigenvalue weighted by molar-refractivity contribution is -0.120. The Morgan fingerprint density at radius 2 is 1.91 bits per heavy atom. The third-order valence-electron chi connectivity index (χ3n) is 5.15. The SMILES string of the molecule is CC(C)(C)NC(=O)CS(=O)(=O)Cc1cc(N2CCOCC2)nc(-c2ccc3[nH]ccc3c2)n1. The van der Waals surface area contributed by atoms with Gasteiger partial charge in [-0.1, -0.05) is 0 Å². The summed E-state index contributed by atoms with van der Waals surface area (Å²) >= 11 is 0. The lowest BCUT2D eigenvalue weighted by Crippen LogP contribution is -2.43. The van der Waals surface area contributed by atoms with Crippen LogP contribution in [0.3, 0.4) is 0 Å². The van der Waals surface area contributed by atoms with Gasteiger partial charge >= 0.3 is 0 Å². The summed E-state index contributed by atoms with van der Waals surface area (Å²) in [6.45, 7) is 7.91. The minimum Gasteiger partial charge on any atom is -0.378 e. The van der Waals surface area contributed by atoms with Crippen LogP contribution in [-0.4, -0.2) is 66.9 Å². The van der Waals surface area contributed by atoms with Gasteiger partial charge in [0.25, 0.3) is 0 Å². The molecule has 0 aliphatic carbocycles. The minimum atomic E-state index is -3.73. The van der Waals surface area contributed by atoms with Crippen LogP contribution in [0.2, 0.25) is 0 Å².